The van der Waals surface area contributed by atoms with Crippen LogP contribution in [0.25, 0.3) is 0 Å². The van der Waals surface area contributed by atoms with Crippen LogP contribution in [-0.4, -0.2) is 5.91 Å². The van der Waals surface area contributed by atoms with E-state index in [4.69, 9.17) is 0 Å². The predicted molar refractivity (Wildman–Crippen MR) is 44.3 cm³/mol. The zero-order valence-electron chi connectivity index (χ0n) is 6.64. The first-order valence-electron chi connectivity index (χ1n) is 3.44. The number of amides is 1. The average Bonchev–Trinajstić information content (AvgIpc) is 1.93. The van der Waals surface area contributed by atoms with Crippen LogP contribution < -0.4 is 5.32 Å². The van der Waals surface area contributed by atoms with Crippen molar-refractivity contribution in [3.8, 4) is 0 Å². The molecule has 0 fully saturated rings. The maximum atomic E-state index is 10.6. The third kappa shape index (κ3) is 2.08. The molecule has 1 rings (SSSR count). The Labute approximate surface area is 66.2 Å². The molecule has 0 saturated heterocycles. The summed E-state index contributed by atoms with van der Waals surface area (Å²) in [5, 5.41) is 2.71. The number of hydrogen-bond acceptors (Lipinski definition) is 1. The summed E-state index contributed by atoms with van der Waals surface area (Å²) >= 11 is 0. The van der Waals surface area contributed by atoms with Crippen molar-refractivity contribution in [2.45, 2.75) is 13.8 Å². The summed E-state index contributed by atoms with van der Waals surface area (Å²) in [7, 11) is 0. The number of anilines is 1. The largest absolute Gasteiger partial charge is 0.326 e. The SMILES string of the molecule is CC(=O)Nc1cc[c]cc1C. The van der Waals surface area contributed by atoms with E-state index < -0.39 is 0 Å². The highest BCUT2D eigenvalue weighted by Crippen LogP contribution is 2.11. The van der Waals surface area contributed by atoms with Crippen molar-refractivity contribution in [1.29, 1.82) is 0 Å². The number of carbonyl (C=O) groups excluding carboxylic acids is 1. The lowest BCUT2D eigenvalue weighted by molar-refractivity contribution is -0.114. The van der Waals surface area contributed by atoms with E-state index in [1.54, 1.807) is 6.07 Å². The smallest absolute Gasteiger partial charge is 0.221 e. The molecule has 0 aromatic heterocycles. The molecule has 0 heterocycles. The number of benzene rings is 1. The standard InChI is InChI=1S/C9H10NO/c1-7-5-3-4-6-9(7)10-8(2)11/h4-6H,1-2H3,(H,10,11). The quantitative estimate of drug-likeness (QED) is 0.646. The van der Waals surface area contributed by atoms with Crippen LogP contribution in [0, 0.1) is 13.0 Å². The van der Waals surface area contributed by atoms with Crippen LogP contribution in [0.15, 0.2) is 18.2 Å². The van der Waals surface area contributed by atoms with Crippen LogP contribution in [-0.2, 0) is 4.79 Å². The van der Waals surface area contributed by atoms with Gasteiger partial charge in [0.05, 0.1) is 0 Å². The molecule has 11 heavy (non-hydrogen) atoms. The molecule has 1 aromatic carbocycles. The van der Waals surface area contributed by atoms with E-state index in [2.05, 4.69) is 11.4 Å². The number of aryl methyl sites for hydroxylation is 1. The van der Waals surface area contributed by atoms with Gasteiger partial charge in [0.25, 0.3) is 0 Å². The predicted octanol–water partition coefficient (Wildman–Crippen LogP) is 1.75. The van der Waals surface area contributed by atoms with E-state index in [0.29, 0.717) is 0 Å². The van der Waals surface area contributed by atoms with Crippen LogP contribution >= 0.6 is 0 Å². The third-order valence-electron chi connectivity index (χ3n) is 1.38. The monoisotopic (exact) mass is 148 g/mol. The lowest BCUT2D eigenvalue weighted by atomic mass is 10.2. The molecule has 57 valence electrons. The van der Waals surface area contributed by atoms with Gasteiger partial charge in [-0.1, -0.05) is 6.07 Å². The van der Waals surface area contributed by atoms with Crippen LogP contribution in [0.3, 0.4) is 0 Å². The van der Waals surface area contributed by atoms with Crippen molar-refractivity contribution in [3.63, 3.8) is 0 Å². The van der Waals surface area contributed by atoms with Crippen molar-refractivity contribution in [3.05, 3.63) is 29.8 Å². The van der Waals surface area contributed by atoms with E-state index in [-0.39, 0.29) is 5.91 Å². The number of carbonyl (C=O) groups is 1. The molecule has 0 aliphatic rings. The highest BCUT2D eigenvalue weighted by Gasteiger charge is 1.96. The van der Waals surface area contributed by atoms with Gasteiger partial charge in [-0.05, 0) is 30.7 Å². The van der Waals surface area contributed by atoms with Gasteiger partial charge in [0.15, 0.2) is 0 Å². The Balaban J connectivity index is 2.86. The van der Waals surface area contributed by atoms with Crippen molar-refractivity contribution in [2.75, 3.05) is 5.32 Å². The molecule has 2 nitrogen and oxygen atoms in total. The molecule has 0 aliphatic heterocycles. The Morgan fingerprint density at radius 2 is 2.36 bits per heavy atom. The van der Waals surface area contributed by atoms with Gasteiger partial charge in [-0.15, -0.1) is 0 Å². The molecular formula is C9H10NO. The van der Waals surface area contributed by atoms with Gasteiger partial charge in [-0.2, -0.15) is 0 Å². The van der Waals surface area contributed by atoms with Gasteiger partial charge < -0.3 is 5.32 Å². The van der Waals surface area contributed by atoms with Crippen molar-refractivity contribution >= 4 is 11.6 Å². The van der Waals surface area contributed by atoms with Gasteiger partial charge in [0.1, 0.15) is 0 Å². The van der Waals surface area contributed by atoms with Crippen molar-refractivity contribution < 1.29 is 4.79 Å². The normalized spacial score (nSPS) is 9.27. The summed E-state index contributed by atoms with van der Waals surface area (Å²) in [5.74, 6) is -0.0423. The molecule has 0 bridgehead atoms. The molecule has 2 heteroatoms. The molecule has 1 aromatic rings. The van der Waals surface area contributed by atoms with Crippen molar-refractivity contribution in [2.24, 2.45) is 0 Å². The second-order valence-electron chi connectivity index (χ2n) is 2.42. The molecule has 1 N–H and O–H groups in total. The van der Waals surface area contributed by atoms with Gasteiger partial charge in [-0.3, -0.25) is 4.79 Å². The summed E-state index contributed by atoms with van der Waals surface area (Å²) in [4.78, 5) is 10.6. The average molecular weight is 148 g/mol. The molecule has 0 aliphatic carbocycles. The first-order valence-corrected chi connectivity index (χ1v) is 3.44. The zero-order valence-corrected chi connectivity index (χ0v) is 6.64. The van der Waals surface area contributed by atoms with Gasteiger partial charge in [0.2, 0.25) is 5.91 Å². The molecule has 0 spiro atoms. The first-order chi connectivity index (χ1) is 5.20. The van der Waals surface area contributed by atoms with Gasteiger partial charge in [-0.25, -0.2) is 0 Å². The third-order valence-corrected chi connectivity index (χ3v) is 1.38. The van der Waals surface area contributed by atoms with E-state index in [0.717, 1.165) is 11.3 Å². The molecule has 0 saturated carbocycles. The highest BCUT2D eigenvalue weighted by atomic mass is 16.1. The number of rotatable bonds is 1. The molecule has 0 atom stereocenters. The Kier molecular flexibility index (Phi) is 2.26. The van der Waals surface area contributed by atoms with Crippen LogP contribution in [0.5, 0.6) is 0 Å². The number of hydrogen-bond donors (Lipinski definition) is 1. The first kappa shape index (κ1) is 7.79. The molecule has 1 radical (unpaired) electrons. The Hall–Kier alpha value is -1.31. The fourth-order valence-corrected chi connectivity index (χ4v) is 0.844. The zero-order chi connectivity index (χ0) is 8.27. The molecular weight excluding hydrogens is 138 g/mol. The minimum absolute atomic E-state index is 0.0423. The lowest BCUT2D eigenvalue weighted by Gasteiger charge is -2.03. The van der Waals surface area contributed by atoms with Crippen LogP contribution in [0.2, 0.25) is 0 Å². The fourth-order valence-electron chi connectivity index (χ4n) is 0.844. The van der Waals surface area contributed by atoms with Gasteiger partial charge in [0, 0.05) is 12.6 Å². The topological polar surface area (TPSA) is 29.1 Å². The summed E-state index contributed by atoms with van der Waals surface area (Å²) < 4.78 is 0. The molecule has 0 unspecified atom stereocenters. The number of nitrogens with one attached hydrogen (secondary N) is 1. The van der Waals surface area contributed by atoms with Gasteiger partial charge >= 0.3 is 0 Å². The molecule has 1 amide bonds. The minimum atomic E-state index is -0.0423. The maximum absolute atomic E-state index is 10.6. The highest BCUT2D eigenvalue weighted by molar-refractivity contribution is 5.89. The lowest BCUT2D eigenvalue weighted by Crippen LogP contribution is -2.06. The van der Waals surface area contributed by atoms with E-state index >= 15 is 0 Å². The van der Waals surface area contributed by atoms with Crippen molar-refractivity contribution in [1.82, 2.24) is 0 Å². The van der Waals surface area contributed by atoms with E-state index in [9.17, 15) is 4.79 Å². The second kappa shape index (κ2) is 3.19. The van der Waals surface area contributed by atoms with E-state index in [1.807, 2.05) is 19.1 Å². The van der Waals surface area contributed by atoms with Crippen LogP contribution in [0.4, 0.5) is 5.69 Å². The second-order valence-corrected chi connectivity index (χ2v) is 2.42. The Bertz CT molecular complexity index is 268. The Morgan fingerprint density at radius 1 is 1.64 bits per heavy atom. The fraction of sp³-hybridized carbons (Fsp3) is 0.222. The Morgan fingerprint density at radius 3 is 2.91 bits per heavy atom. The summed E-state index contributed by atoms with van der Waals surface area (Å²) in [6, 6.07) is 8.37. The minimum Gasteiger partial charge on any atom is -0.326 e. The summed E-state index contributed by atoms with van der Waals surface area (Å²) in [6.45, 7) is 3.43. The summed E-state index contributed by atoms with van der Waals surface area (Å²) in [6.07, 6.45) is 0. The summed E-state index contributed by atoms with van der Waals surface area (Å²) in [5.41, 5.74) is 1.89. The van der Waals surface area contributed by atoms with E-state index in [1.165, 1.54) is 6.92 Å². The van der Waals surface area contributed by atoms with Crippen LogP contribution in [0.1, 0.15) is 12.5 Å². The maximum Gasteiger partial charge on any atom is 0.221 e.